The number of rotatable bonds is 3. The number of benzene rings is 2. The summed E-state index contributed by atoms with van der Waals surface area (Å²) in [6, 6.07) is 9.59. The van der Waals surface area contributed by atoms with Gasteiger partial charge in [-0.2, -0.15) is 0 Å². The fraction of sp³-hybridized carbons (Fsp3) is 0.188. The van der Waals surface area contributed by atoms with Gasteiger partial charge in [0.2, 0.25) is 0 Å². The third-order valence-corrected chi connectivity index (χ3v) is 3.47. The number of halogens is 2. The minimum absolute atomic E-state index is 0.106. The first-order chi connectivity index (χ1) is 9.52. The number of amides is 1. The van der Waals surface area contributed by atoms with Gasteiger partial charge in [0.25, 0.3) is 5.91 Å². The summed E-state index contributed by atoms with van der Waals surface area (Å²) in [5.41, 5.74) is 3.09. The fourth-order valence-corrected chi connectivity index (χ4v) is 2.31. The van der Waals surface area contributed by atoms with Crippen molar-refractivity contribution >= 4 is 23.2 Å². The number of aryl methyl sites for hydroxylation is 2. The monoisotopic (exact) mass is 291 g/mol. The van der Waals surface area contributed by atoms with Crippen LogP contribution in [0, 0.1) is 12.7 Å². The Labute approximate surface area is 122 Å². The largest absolute Gasteiger partial charge is 0.321 e. The van der Waals surface area contributed by atoms with Gasteiger partial charge in [-0.25, -0.2) is 4.39 Å². The molecule has 20 heavy (non-hydrogen) atoms. The summed E-state index contributed by atoms with van der Waals surface area (Å²) in [5, 5.41) is 2.97. The second kappa shape index (κ2) is 6.06. The highest BCUT2D eigenvalue weighted by atomic mass is 35.5. The van der Waals surface area contributed by atoms with E-state index < -0.39 is 5.82 Å². The standard InChI is InChI=1S/C16H15ClFNO/c1-3-11-6-4-5-10(2)15(11)19-16(20)13-8-7-12(18)9-14(13)17/h4-9H,3H2,1-2H3,(H,19,20). The van der Waals surface area contributed by atoms with E-state index in [-0.39, 0.29) is 16.5 Å². The van der Waals surface area contributed by atoms with Crippen LogP contribution in [0.2, 0.25) is 5.02 Å². The molecule has 0 spiro atoms. The molecule has 2 nitrogen and oxygen atoms in total. The summed E-state index contributed by atoms with van der Waals surface area (Å²) in [7, 11) is 0. The van der Waals surface area contributed by atoms with Crippen LogP contribution >= 0.6 is 11.6 Å². The maximum atomic E-state index is 13.0. The van der Waals surface area contributed by atoms with Gasteiger partial charge < -0.3 is 5.32 Å². The summed E-state index contributed by atoms with van der Waals surface area (Å²) >= 11 is 5.90. The minimum atomic E-state index is -0.461. The molecule has 0 fully saturated rings. The molecule has 0 aliphatic heterocycles. The number of anilines is 1. The smallest absolute Gasteiger partial charge is 0.257 e. The summed E-state index contributed by atoms with van der Waals surface area (Å²) in [6.07, 6.45) is 0.814. The SMILES string of the molecule is CCc1cccc(C)c1NC(=O)c1ccc(F)cc1Cl. The third-order valence-electron chi connectivity index (χ3n) is 3.15. The normalized spacial score (nSPS) is 10.4. The molecule has 2 rings (SSSR count). The van der Waals surface area contributed by atoms with Crippen molar-refractivity contribution < 1.29 is 9.18 Å². The van der Waals surface area contributed by atoms with Crippen molar-refractivity contribution in [3.63, 3.8) is 0 Å². The van der Waals surface area contributed by atoms with Crippen LogP contribution in [0.5, 0.6) is 0 Å². The summed E-state index contributed by atoms with van der Waals surface area (Å²) in [6.45, 7) is 3.95. The molecule has 0 saturated carbocycles. The maximum absolute atomic E-state index is 13.0. The van der Waals surface area contributed by atoms with E-state index in [9.17, 15) is 9.18 Å². The first kappa shape index (κ1) is 14.5. The maximum Gasteiger partial charge on any atom is 0.257 e. The number of carbonyl (C=O) groups excluding carboxylic acids is 1. The zero-order valence-electron chi connectivity index (χ0n) is 11.3. The Kier molecular flexibility index (Phi) is 4.40. The number of nitrogens with one attached hydrogen (secondary N) is 1. The summed E-state index contributed by atoms with van der Waals surface area (Å²) < 4.78 is 13.0. The van der Waals surface area contributed by atoms with E-state index in [0.29, 0.717) is 0 Å². The van der Waals surface area contributed by atoms with Gasteiger partial charge in [-0.3, -0.25) is 4.79 Å². The molecule has 104 valence electrons. The van der Waals surface area contributed by atoms with E-state index in [1.54, 1.807) is 0 Å². The Morgan fingerprint density at radius 1 is 1.30 bits per heavy atom. The van der Waals surface area contributed by atoms with Gasteiger partial charge in [0.15, 0.2) is 0 Å². The Morgan fingerprint density at radius 3 is 2.70 bits per heavy atom. The molecule has 0 radical (unpaired) electrons. The van der Waals surface area contributed by atoms with E-state index >= 15 is 0 Å². The van der Waals surface area contributed by atoms with Crippen LogP contribution in [-0.4, -0.2) is 5.91 Å². The van der Waals surface area contributed by atoms with Crippen molar-refractivity contribution in [2.45, 2.75) is 20.3 Å². The molecular weight excluding hydrogens is 277 g/mol. The highest BCUT2D eigenvalue weighted by Gasteiger charge is 2.14. The molecule has 0 aliphatic carbocycles. The van der Waals surface area contributed by atoms with Gasteiger partial charge >= 0.3 is 0 Å². The van der Waals surface area contributed by atoms with Gasteiger partial charge in [-0.05, 0) is 42.7 Å². The molecule has 0 heterocycles. The van der Waals surface area contributed by atoms with E-state index in [2.05, 4.69) is 5.32 Å². The highest BCUT2D eigenvalue weighted by molar-refractivity contribution is 6.34. The Bertz CT molecular complexity index is 655. The topological polar surface area (TPSA) is 29.1 Å². The van der Waals surface area contributed by atoms with Crippen LogP contribution < -0.4 is 5.32 Å². The summed E-state index contributed by atoms with van der Waals surface area (Å²) in [5.74, 6) is -0.796. The molecule has 0 atom stereocenters. The number of hydrogen-bond acceptors (Lipinski definition) is 1. The molecule has 0 bridgehead atoms. The van der Waals surface area contributed by atoms with Crippen molar-refractivity contribution in [3.8, 4) is 0 Å². The van der Waals surface area contributed by atoms with Crippen LogP contribution in [0.25, 0.3) is 0 Å². The lowest BCUT2D eigenvalue weighted by molar-refractivity contribution is 0.102. The fourth-order valence-electron chi connectivity index (χ4n) is 2.06. The van der Waals surface area contributed by atoms with Crippen molar-refractivity contribution in [3.05, 3.63) is 63.9 Å². The van der Waals surface area contributed by atoms with Crippen molar-refractivity contribution in [1.29, 1.82) is 0 Å². The first-order valence-electron chi connectivity index (χ1n) is 6.37. The molecule has 0 aromatic heterocycles. The van der Waals surface area contributed by atoms with Gasteiger partial charge in [0.1, 0.15) is 5.82 Å². The van der Waals surface area contributed by atoms with Gasteiger partial charge in [-0.15, -0.1) is 0 Å². The molecule has 1 N–H and O–H groups in total. The van der Waals surface area contributed by atoms with Crippen LogP contribution in [0.1, 0.15) is 28.4 Å². The second-order valence-corrected chi connectivity index (χ2v) is 4.95. The van der Waals surface area contributed by atoms with Gasteiger partial charge in [0, 0.05) is 5.69 Å². The molecule has 2 aromatic rings. The Balaban J connectivity index is 2.33. The molecular formula is C16H15ClFNO. The predicted molar refractivity (Wildman–Crippen MR) is 79.9 cm³/mol. The molecule has 1 amide bonds. The molecule has 0 unspecified atom stereocenters. The number of hydrogen-bond donors (Lipinski definition) is 1. The second-order valence-electron chi connectivity index (χ2n) is 4.54. The van der Waals surface area contributed by atoms with Crippen molar-refractivity contribution in [2.24, 2.45) is 0 Å². The van der Waals surface area contributed by atoms with Gasteiger partial charge in [0.05, 0.1) is 10.6 Å². The van der Waals surface area contributed by atoms with Crippen LogP contribution in [0.3, 0.4) is 0 Å². The lowest BCUT2D eigenvalue weighted by atomic mass is 10.1. The quantitative estimate of drug-likeness (QED) is 0.879. The molecule has 0 saturated heterocycles. The van der Waals surface area contributed by atoms with Crippen LogP contribution in [0.4, 0.5) is 10.1 Å². The lowest BCUT2D eigenvalue weighted by Gasteiger charge is -2.13. The van der Waals surface area contributed by atoms with Crippen LogP contribution in [-0.2, 0) is 6.42 Å². The van der Waals surface area contributed by atoms with Gasteiger partial charge in [-0.1, -0.05) is 36.7 Å². The zero-order valence-corrected chi connectivity index (χ0v) is 12.1. The molecule has 0 aliphatic rings. The number of para-hydroxylation sites is 1. The van der Waals surface area contributed by atoms with E-state index in [1.807, 2.05) is 32.0 Å². The van der Waals surface area contributed by atoms with E-state index in [1.165, 1.54) is 12.1 Å². The van der Waals surface area contributed by atoms with Crippen molar-refractivity contribution in [2.75, 3.05) is 5.32 Å². The zero-order chi connectivity index (χ0) is 14.7. The highest BCUT2D eigenvalue weighted by Crippen LogP contribution is 2.24. The van der Waals surface area contributed by atoms with E-state index in [0.717, 1.165) is 29.3 Å². The minimum Gasteiger partial charge on any atom is -0.321 e. The average molecular weight is 292 g/mol. The van der Waals surface area contributed by atoms with E-state index in [4.69, 9.17) is 11.6 Å². The number of carbonyl (C=O) groups is 1. The van der Waals surface area contributed by atoms with Crippen molar-refractivity contribution in [1.82, 2.24) is 0 Å². The average Bonchev–Trinajstić information content (AvgIpc) is 2.40. The predicted octanol–water partition coefficient (Wildman–Crippen LogP) is 4.60. The molecule has 4 heteroatoms. The Morgan fingerprint density at radius 2 is 2.05 bits per heavy atom. The lowest BCUT2D eigenvalue weighted by Crippen LogP contribution is -2.15. The summed E-state index contributed by atoms with van der Waals surface area (Å²) in [4.78, 5) is 12.2. The third kappa shape index (κ3) is 2.99. The molecule has 2 aromatic carbocycles. The first-order valence-corrected chi connectivity index (χ1v) is 6.75. The van der Waals surface area contributed by atoms with Crippen LogP contribution in [0.15, 0.2) is 36.4 Å². The Hall–Kier alpha value is -1.87.